The Morgan fingerprint density at radius 1 is 1.12 bits per heavy atom. The molecule has 2 aliphatic rings. The van der Waals surface area contributed by atoms with Crippen molar-refractivity contribution in [2.75, 3.05) is 58.3 Å². The van der Waals surface area contributed by atoms with Crippen molar-refractivity contribution in [3.63, 3.8) is 0 Å². The first-order valence-corrected chi connectivity index (χ1v) is 12.3. The van der Waals surface area contributed by atoms with Crippen LogP contribution >= 0.6 is 0 Å². The number of benzene rings is 1. The molecule has 1 amide bonds. The lowest BCUT2D eigenvalue weighted by atomic mass is 9.81. The predicted molar refractivity (Wildman–Crippen MR) is 126 cm³/mol. The summed E-state index contributed by atoms with van der Waals surface area (Å²) < 4.78 is 43.9. The molecule has 2 aliphatic heterocycles. The summed E-state index contributed by atoms with van der Waals surface area (Å²) in [6.07, 6.45) is 2.62. The molecule has 2 aromatic rings. The second-order valence-electron chi connectivity index (χ2n) is 9.23. The summed E-state index contributed by atoms with van der Waals surface area (Å²) in [6.45, 7) is 4.62. The molecule has 2 fully saturated rings. The number of nitrogens with zero attached hydrogens (tertiary/aromatic N) is 6. The van der Waals surface area contributed by atoms with Gasteiger partial charge in [0.25, 0.3) is 5.91 Å². The standard InChI is InChI=1S/C23H28F2N6O2S/c1-23(15-26)4-6-29(7-5-23)21-16-12-18(24)19(25)13-20(16)27-14-17(21)22(32)30-8-10-31(11-9-30)34(33)28(2)3/h12-14H,4-11H2,1-3H3. The van der Waals surface area contributed by atoms with E-state index in [-0.39, 0.29) is 11.4 Å². The normalized spacial score (nSPS) is 19.9. The van der Waals surface area contributed by atoms with Gasteiger partial charge in [0.05, 0.1) is 28.3 Å². The predicted octanol–water partition coefficient (Wildman–Crippen LogP) is 2.54. The van der Waals surface area contributed by atoms with Crippen molar-refractivity contribution in [3.8, 4) is 6.07 Å². The summed E-state index contributed by atoms with van der Waals surface area (Å²) in [4.78, 5) is 21.5. The zero-order valence-electron chi connectivity index (χ0n) is 19.6. The Labute approximate surface area is 200 Å². The van der Waals surface area contributed by atoms with E-state index < -0.39 is 28.2 Å². The van der Waals surface area contributed by atoms with Gasteiger partial charge in [0.1, 0.15) is 0 Å². The number of carbonyl (C=O) groups is 1. The fourth-order valence-corrected chi connectivity index (χ4v) is 5.39. The van der Waals surface area contributed by atoms with Crippen LogP contribution in [0.1, 0.15) is 30.1 Å². The van der Waals surface area contributed by atoms with Crippen molar-refractivity contribution in [1.82, 2.24) is 18.5 Å². The molecule has 8 nitrogen and oxygen atoms in total. The highest BCUT2D eigenvalue weighted by molar-refractivity contribution is 7.80. The zero-order valence-corrected chi connectivity index (χ0v) is 20.4. The van der Waals surface area contributed by atoms with Gasteiger partial charge in [0.15, 0.2) is 22.8 Å². The Morgan fingerprint density at radius 3 is 2.32 bits per heavy atom. The topological polar surface area (TPSA) is 83.8 Å². The third kappa shape index (κ3) is 4.62. The first kappa shape index (κ1) is 24.4. The maximum absolute atomic E-state index is 14.2. The average molecular weight is 491 g/mol. The lowest BCUT2D eigenvalue weighted by molar-refractivity contribution is 0.0699. The van der Waals surface area contributed by atoms with Crippen LogP contribution in [-0.4, -0.2) is 82.0 Å². The fourth-order valence-electron chi connectivity index (χ4n) is 4.45. The van der Waals surface area contributed by atoms with Crippen LogP contribution in [0.5, 0.6) is 0 Å². The molecule has 34 heavy (non-hydrogen) atoms. The first-order valence-electron chi connectivity index (χ1n) is 11.2. The Morgan fingerprint density at radius 2 is 1.74 bits per heavy atom. The monoisotopic (exact) mass is 490 g/mol. The van der Waals surface area contributed by atoms with Crippen LogP contribution in [0.2, 0.25) is 0 Å². The molecule has 1 aromatic carbocycles. The number of piperidine rings is 1. The number of halogens is 2. The molecule has 0 bridgehead atoms. The lowest BCUT2D eigenvalue weighted by Crippen LogP contribution is -2.51. The molecule has 3 heterocycles. The highest BCUT2D eigenvalue weighted by Gasteiger charge is 2.34. The number of hydrogen-bond donors (Lipinski definition) is 0. The molecule has 4 rings (SSSR count). The number of amides is 1. The quantitative estimate of drug-likeness (QED) is 0.658. The Bertz CT molecular complexity index is 1170. The number of anilines is 1. The average Bonchev–Trinajstić information content (AvgIpc) is 2.84. The smallest absolute Gasteiger partial charge is 0.257 e. The molecular weight excluding hydrogens is 462 g/mol. The van der Waals surface area contributed by atoms with Crippen molar-refractivity contribution < 1.29 is 17.8 Å². The fraction of sp³-hybridized carbons (Fsp3) is 0.522. The van der Waals surface area contributed by atoms with Gasteiger partial charge in [0.2, 0.25) is 0 Å². The van der Waals surface area contributed by atoms with Gasteiger partial charge in [-0.2, -0.15) is 5.26 Å². The van der Waals surface area contributed by atoms with E-state index >= 15 is 0 Å². The molecule has 0 N–H and O–H groups in total. The number of pyridine rings is 1. The molecule has 0 spiro atoms. The maximum atomic E-state index is 14.2. The summed E-state index contributed by atoms with van der Waals surface area (Å²) in [5, 5.41) is 9.87. The summed E-state index contributed by atoms with van der Waals surface area (Å²) in [6, 6.07) is 4.50. The number of rotatable bonds is 4. The van der Waals surface area contributed by atoms with Gasteiger partial charge < -0.3 is 9.80 Å². The lowest BCUT2D eigenvalue weighted by Gasteiger charge is -2.39. The Balaban J connectivity index is 1.68. The van der Waals surface area contributed by atoms with E-state index in [1.165, 1.54) is 6.20 Å². The molecule has 1 atom stereocenters. The molecule has 11 heteroatoms. The van der Waals surface area contributed by atoms with Crippen molar-refractivity contribution >= 4 is 33.7 Å². The minimum absolute atomic E-state index is 0.252. The summed E-state index contributed by atoms with van der Waals surface area (Å²) in [5.74, 6) is -2.25. The minimum Gasteiger partial charge on any atom is -0.370 e. The number of carbonyl (C=O) groups excluding carboxylic acids is 1. The summed E-state index contributed by atoms with van der Waals surface area (Å²) >= 11 is -1.27. The summed E-state index contributed by atoms with van der Waals surface area (Å²) in [5.41, 5.74) is 0.652. The SMILES string of the molecule is CN(C)S(=O)N1CCN(C(=O)c2cnc3cc(F)c(F)cc3c2N2CCC(C)(C#N)CC2)CC1. The van der Waals surface area contributed by atoms with E-state index in [9.17, 15) is 23.0 Å². The van der Waals surface area contributed by atoms with Gasteiger partial charge in [-0.3, -0.25) is 9.78 Å². The van der Waals surface area contributed by atoms with E-state index in [1.807, 2.05) is 11.8 Å². The molecular formula is C23H28F2N6O2S. The minimum atomic E-state index is -1.27. The van der Waals surface area contributed by atoms with Crippen molar-refractivity contribution in [2.24, 2.45) is 5.41 Å². The van der Waals surface area contributed by atoms with E-state index in [1.54, 1.807) is 27.6 Å². The van der Waals surface area contributed by atoms with Crippen LogP contribution < -0.4 is 4.90 Å². The van der Waals surface area contributed by atoms with E-state index in [0.29, 0.717) is 68.7 Å². The van der Waals surface area contributed by atoms with Gasteiger partial charge in [-0.1, -0.05) is 0 Å². The van der Waals surface area contributed by atoms with E-state index in [4.69, 9.17) is 0 Å². The molecule has 0 aliphatic carbocycles. The van der Waals surface area contributed by atoms with Crippen LogP contribution in [0.3, 0.4) is 0 Å². The van der Waals surface area contributed by atoms with E-state index in [0.717, 1.165) is 12.1 Å². The summed E-state index contributed by atoms with van der Waals surface area (Å²) in [7, 11) is 3.47. The van der Waals surface area contributed by atoms with Gasteiger partial charge in [0, 0.05) is 71.0 Å². The van der Waals surface area contributed by atoms with Crippen molar-refractivity contribution in [2.45, 2.75) is 19.8 Å². The largest absolute Gasteiger partial charge is 0.370 e. The highest BCUT2D eigenvalue weighted by Crippen LogP contribution is 2.37. The molecule has 1 unspecified atom stereocenters. The third-order valence-corrected chi connectivity index (χ3v) is 8.06. The van der Waals surface area contributed by atoms with Gasteiger partial charge in [-0.15, -0.1) is 0 Å². The molecule has 1 aromatic heterocycles. The number of piperazine rings is 1. The number of aromatic nitrogens is 1. The molecule has 2 saturated heterocycles. The van der Waals surface area contributed by atoms with Crippen LogP contribution in [0.4, 0.5) is 14.5 Å². The number of fused-ring (bicyclic) bond motifs is 1. The second kappa shape index (κ2) is 9.52. The van der Waals surface area contributed by atoms with Crippen molar-refractivity contribution in [3.05, 3.63) is 35.5 Å². The van der Waals surface area contributed by atoms with Crippen LogP contribution in [0.15, 0.2) is 18.3 Å². The van der Waals surface area contributed by atoms with Crippen LogP contribution in [0, 0.1) is 28.4 Å². The van der Waals surface area contributed by atoms with Gasteiger partial charge in [-0.05, 0) is 25.8 Å². The Hall–Kier alpha value is -2.68. The van der Waals surface area contributed by atoms with Gasteiger partial charge >= 0.3 is 0 Å². The molecule has 0 radical (unpaired) electrons. The van der Waals surface area contributed by atoms with Crippen LogP contribution in [0.25, 0.3) is 10.9 Å². The van der Waals surface area contributed by atoms with Crippen LogP contribution in [-0.2, 0) is 11.2 Å². The molecule has 182 valence electrons. The second-order valence-corrected chi connectivity index (χ2v) is 10.9. The molecule has 0 saturated carbocycles. The van der Waals surface area contributed by atoms with E-state index in [2.05, 4.69) is 11.1 Å². The Kier molecular flexibility index (Phi) is 6.85. The van der Waals surface area contributed by atoms with Gasteiger partial charge in [-0.25, -0.2) is 21.6 Å². The van der Waals surface area contributed by atoms with Crippen molar-refractivity contribution in [1.29, 1.82) is 5.26 Å². The third-order valence-electron chi connectivity index (χ3n) is 6.62. The highest BCUT2D eigenvalue weighted by atomic mass is 32.2. The zero-order chi connectivity index (χ0) is 24.6. The number of hydrogen-bond acceptors (Lipinski definition) is 5. The maximum Gasteiger partial charge on any atom is 0.257 e. The first-order chi connectivity index (χ1) is 16.1. The number of nitriles is 1.